The van der Waals surface area contributed by atoms with Gasteiger partial charge in [0, 0.05) is 25.0 Å². The third kappa shape index (κ3) is 3.22. The molecule has 1 aromatic heterocycles. The summed E-state index contributed by atoms with van der Waals surface area (Å²) < 4.78 is 28.1. The van der Waals surface area contributed by atoms with Gasteiger partial charge in [0.15, 0.2) is 0 Å². The highest BCUT2D eigenvalue weighted by molar-refractivity contribution is 5.79. The molecule has 0 bridgehead atoms. The number of carbonyl (C=O) groups excluding carboxylic acids is 1. The van der Waals surface area contributed by atoms with E-state index in [1.165, 1.54) is 11.0 Å². The second-order valence-electron chi connectivity index (χ2n) is 7.56. The number of aromatic nitrogens is 3. The molecule has 2 atom stereocenters. The minimum absolute atomic E-state index is 0.0283. The Labute approximate surface area is 146 Å². The van der Waals surface area contributed by atoms with Gasteiger partial charge in [0.1, 0.15) is 12.4 Å². The predicted octanol–water partition coefficient (Wildman–Crippen LogP) is 2.70. The first-order chi connectivity index (χ1) is 12.1. The van der Waals surface area contributed by atoms with Crippen LogP contribution in [0.4, 0.5) is 14.7 Å². The SMILES string of the molecule is O=C(C1CCCC1)N1CCC([C@@H]2C[C@H](C(F)F)n3ncnc3N2)CC1. The topological polar surface area (TPSA) is 63.1 Å². The number of piperidine rings is 1. The zero-order valence-corrected chi connectivity index (χ0v) is 14.3. The molecule has 3 aliphatic rings. The van der Waals surface area contributed by atoms with Crippen LogP contribution in [0.5, 0.6) is 0 Å². The lowest BCUT2D eigenvalue weighted by atomic mass is 9.84. The lowest BCUT2D eigenvalue weighted by molar-refractivity contribution is -0.136. The van der Waals surface area contributed by atoms with Gasteiger partial charge in [-0.3, -0.25) is 4.79 Å². The van der Waals surface area contributed by atoms with Crippen LogP contribution in [0.3, 0.4) is 0 Å². The van der Waals surface area contributed by atoms with Crippen molar-refractivity contribution in [2.45, 2.75) is 63.5 Å². The number of anilines is 1. The van der Waals surface area contributed by atoms with Crippen molar-refractivity contribution < 1.29 is 13.6 Å². The van der Waals surface area contributed by atoms with Crippen LogP contribution in [-0.4, -0.2) is 51.1 Å². The van der Waals surface area contributed by atoms with Crippen molar-refractivity contribution in [2.24, 2.45) is 11.8 Å². The standard InChI is InChI=1S/C17H25F2N5O/c18-15(19)14-9-13(22-17-20-10-21-24(14)17)11-5-7-23(8-6-11)16(25)12-3-1-2-4-12/h10-15H,1-9H2,(H,20,21,22)/t13-,14+/m0/s1. The summed E-state index contributed by atoms with van der Waals surface area (Å²) in [6, 6.07) is -0.943. The Hall–Kier alpha value is -1.73. The van der Waals surface area contributed by atoms with Crippen molar-refractivity contribution in [3.05, 3.63) is 6.33 Å². The van der Waals surface area contributed by atoms with E-state index in [1.807, 2.05) is 4.90 Å². The van der Waals surface area contributed by atoms with Gasteiger partial charge in [-0.2, -0.15) is 10.1 Å². The zero-order chi connectivity index (χ0) is 17.4. The number of nitrogens with one attached hydrogen (secondary N) is 1. The molecule has 4 rings (SSSR count). The highest BCUT2D eigenvalue weighted by atomic mass is 19.3. The Morgan fingerprint density at radius 2 is 1.92 bits per heavy atom. The first-order valence-electron chi connectivity index (χ1n) is 9.36. The van der Waals surface area contributed by atoms with Crippen LogP contribution >= 0.6 is 0 Å². The van der Waals surface area contributed by atoms with E-state index >= 15 is 0 Å². The highest BCUT2D eigenvalue weighted by Gasteiger charge is 2.39. The van der Waals surface area contributed by atoms with Crippen LogP contribution in [0.2, 0.25) is 0 Å². The van der Waals surface area contributed by atoms with Gasteiger partial charge in [0.05, 0.1) is 0 Å². The van der Waals surface area contributed by atoms with Gasteiger partial charge in [-0.15, -0.1) is 0 Å². The number of nitrogens with zero attached hydrogens (tertiary/aromatic N) is 4. The second-order valence-corrected chi connectivity index (χ2v) is 7.56. The molecular weight excluding hydrogens is 328 g/mol. The van der Waals surface area contributed by atoms with Gasteiger partial charge >= 0.3 is 0 Å². The molecule has 8 heteroatoms. The van der Waals surface area contributed by atoms with Crippen LogP contribution in [0.25, 0.3) is 0 Å². The van der Waals surface area contributed by atoms with Gasteiger partial charge in [0.2, 0.25) is 11.9 Å². The summed E-state index contributed by atoms with van der Waals surface area (Å²) in [4.78, 5) is 18.6. The molecule has 0 aromatic carbocycles. The Bertz CT molecular complexity index is 608. The van der Waals surface area contributed by atoms with E-state index in [0.717, 1.165) is 51.6 Å². The van der Waals surface area contributed by atoms with Gasteiger partial charge in [-0.25, -0.2) is 13.5 Å². The molecule has 1 saturated heterocycles. The first-order valence-corrected chi connectivity index (χ1v) is 9.36. The van der Waals surface area contributed by atoms with Crippen molar-refractivity contribution in [3.8, 4) is 0 Å². The lowest BCUT2D eigenvalue weighted by Crippen LogP contribution is -2.47. The molecule has 1 aliphatic carbocycles. The van der Waals surface area contributed by atoms with E-state index in [-0.39, 0.29) is 12.0 Å². The van der Waals surface area contributed by atoms with Crippen LogP contribution in [0, 0.1) is 11.8 Å². The Morgan fingerprint density at radius 3 is 2.60 bits per heavy atom. The zero-order valence-electron chi connectivity index (χ0n) is 14.3. The van der Waals surface area contributed by atoms with Gasteiger partial charge < -0.3 is 10.2 Å². The van der Waals surface area contributed by atoms with E-state index in [4.69, 9.17) is 0 Å². The fourth-order valence-corrected chi connectivity index (χ4v) is 4.65. The maximum Gasteiger partial charge on any atom is 0.260 e. The van der Waals surface area contributed by atoms with Gasteiger partial charge in [-0.1, -0.05) is 12.8 Å². The van der Waals surface area contributed by atoms with Gasteiger partial charge in [-0.05, 0) is 38.0 Å². The summed E-state index contributed by atoms with van der Waals surface area (Å²) in [5.41, 5.74) is 0. The molecule has 6 nitrogen and oxygen atoms in total. The van der Waals surface area contributed by atoms with E-state index in [2.05, 4.69) is 15.4 Å². The largest absolute Gasteiger partial charge is 0.351 e. The summed E-state index contributed by atoms with van der Waals surface area (Å²) >= 11 is 0. The van der Waals surface area contributed by atoms with Crippen LogP contribution in [0.1, 0.15) is 51.0 Å². The van der Waals surface area contributed by atoms with Crippen LogP contribution in [-0.2, 0) is 4.79 Å². The smallest absolute Gasteiger partial charge is 0.260 e. The highest BCUT2D eigenvalue weighted by Crippen LogP contribution is 2.36. The molecule has 1 amide bonds. The molecular formula is C17H25F2N5O. The number of amides is 1. The fourth-order valence-electron chi connectivity index (χ4n) is 4.65. The van der Waals surface area contributed by atoms with Crippen molar-refractivity contribution in [3.63, 3.8) is 0 Å². The van der Waals surface area contributed by atoms with Gasteiger partial charge in [0.25, 0.3) is 6.43 Å². The summed E-state index contributed by atoms with van der Waals surface area (Å²) in [6.07, 6.45) is 5.32. The van der Waals surface area contributed by atoms with Crippen molar-refractivity contribution in [2.75, 3.05) is 18.4 Å². The average molecular weight is 353 g/mol. The quantitative estimate of drug-likeness (QED) is 0.908. The molecule has 25 heavy (non-hydrogen) atoms. The second kappa shape index (κ2) is 6.88. The molecule has 0 spiro atoms. The maximum absolute atomic E-state index is 13.4. The summed E-state index contributed by atoms with van der Waals surface area (Å²) in [6.45, 7) is 1.48. The first kappa shape index (κ1) is 16.7. The number of halogens is 2. The Morgan fingerprint density at radius 1 is 1.20 bits per heavy atom. The minimum Gasteiger partial charge on any atom is -0.351 e. The molecule has 3 heterocycles. The number of rotatable bonds is 3. The molecule has 0 radical (unpaired) electrons. The number of carbonyl (C=O) groups is 1. The number of hydrogen-bond acceptors (Lipinski definition) is 4. The molecule has 2 fully saturated rings. The Balaban J connectivity index is 1.37. The molecule has 0 unspecified atom stereocenters. The Kier molecular flexibility index (Phi) is 4.60. The lowest BCUT2D eigenvalue weighted by Gasteiger charge is -2.40. The van der Waals surface area contributed by atoms with Crippen LogP contribution in [0.15, 0.2) is 6.33 Å². The fraction of sp³-hybridized carbons (Fsp3) is 0.824. The number of alkyl halides is 2. The molecule has 138 valence electrons. The number of hydrogen-bond donors (Lipinski definition) is 1. The summed E-state index contributed by atoms with van der Waals surface area (Å²) in [5, 5.41) is 7.21. The molecule has 1 aromatic rings. The van der Waals surface area contributed by atoms with Crippen LogP contribution < -0.4 is 5.32 Å². The van der Waals surface area contributed by atoms with Crippen molar-refractivity contribution in [1.29, 1.82) is 0 Å². The molecule has 2 aliphatic heterocycles. The summed E-state index contributed by atoms with van der Waals surface area (Å²) in [5.74, 6) is 1.24. The maximum atomic E-state index is 13.4. The average Bonchev–Trinajstić information content (AvgIpc) is 3.31. The number of fused-ring (bicyclic) bond motifs is 1. The van der Waals surface area contributed by atoms with E-state index in [9.17, 15) is 13.6 Å². The van der Waals surface area contributed by atoms with E-state index in [1.54, 1.807) is 0 Å². The predicted molar refractivity (Wildman–Crippen MR) is 88.4 cm³/mol. The molecule has 1 N–H and O–H groups in total. The monoisotopic (exact) mass is 353 g/mol. The van der Waals surface area contributed by atoms with E-state index < -0.39 is 12.5 Å². The number of likely N-dealkylation sites (tertiary alicyclic amines) is 1. The van der Waals surface area contributed by atoms with Crippen molar-refractivity contribution >= 4 is 11.9 Å². The third-order valence-corrected chi connectivity index (χ3v) is 6.11. The normalized spacial score (nSPS) is 28.2. The van der Waals surface area contributed by atoms with E-state index in [0.29, 0.717) is 24.2 Å². The summed E-state index contributed by atoms with van der Waals surface area (Å²) in [7, 11) is 0. The molecule has 1 saturated carbocycles. The third-order valence-electron chi connectivity index (χ3n) is 6.11. The minimum atomic E-state index is -2.45. The van der Waals surface area contributed by atoms with Crippen molar-refractivity contribution in [1.82, 2.24) is 19.7 Å².